The molecule has 0 saturated carbocycles. The van der Waals surface area contributed by atoms with Crippen LogP contribution in [0, 0.1) is 6.92 Å². The van der Waals surface area contributed by atoms with Crippen molar-refractivity contribution in [2.45, 2.75) is 13.3 Å². The Morgan fingerprint density at radius 2 is 1.75 bits per heavy atom. The van der Waals surface area contributed by atoms with Gasteiger partial charge in [0, 0.05) is 74.2 Å². The lowest BCUT2D eigenvalue weighted by molar-refractivity contribution is 0.122. The van der Waals surface area contributed by atoms with Gasteiger partial charge in [0.05, 0.1) is 25.5 Å². The average Bonchev–Trinajstić information content (AvgIpc) is 3.37. The van der Waals surface area contributed by atoms with Gasteiger partial charge in [-0.1, -0.05) is 0 Å². The van der Waals surface area contributed by atoms with Gasteiger partial charge in [0.1, 0.15) is 0 Å². The second-order valence-electron chi connectivity index (χ2n) is 10.2. The highest BCUT2D eigenvalue weighted by molar-refractivity contribution is 5.87. The van der Waals surface area contributed by atoms with Crippen molar-refractivity contribution >= 4 is 35.2 Å². The Morgan fingerprint density at radius 3 is 2.48 bits per heavy atom. The van der Waals surface area contributed by atoms with Gasteiger partial charge in [-0.3, -0.25) is 5.32 Å². The van der Waals surface area contributed by atoms with Gasteiger partial charge in [-0.25, -0.2) is 19.7 Å². The number of hydroxylamine groups is 1. The molecule has 3 aliphatic heterocycles. The highest BCUT2D eigenvalue weighted by atomic mass is 16.7. The van der Waals surface area contributed by atoms with Crippen LogP contribution in [0.15, 0.2) is 30.6 Å². The summed E-state index contributed by atoms with van der Waals surface area (Å²) < 4.78 is 5.50. The van der Waals surface area contributed by atoms with Gasteiger partial charge in [-0.2, -0.15) is 10.0 Å². The van der Waals surface area contributed by atoms with E-state index in [0.29, 0.717) is 62.4 Å². The van der Waals surface area contributed by atoms with Crippen molar-refractivity contribution in [2.24, 2.45) is 0 Å². The topological polar surface area (TPSA) is 138 Å². The Labute approximate surface area is 232 Å². The van der Waals surface area contributed by atoms with Crippen LogP contribution in [0.4, 0.5) is 33.9 Å². The van der Waals surface area contributed by atoms with E-state index < -0.39 is 6.09 Å². The number of nitrogen functional groups attached to an aromatic ring is 1. The number of aromatic nitrogens is 4. The van der Waals surface area contributed by atoms with Crippen LogP contribution in [0.1, 0.15) is 11.1 Å². The van der Waals surface area contributed by atoms with Crippen molar-refractivity contribution < 1.29 is 14.4 Å². The van der Waals surface area contributed by atoms with E-state index in [0.717, 1.165) is 48.6 Å². The number of hydrogen-bond acceptors (Lipinski definition) is 12. The first-order chi connectivity index (χ1) is 19.4. The van der Waals surface area contributed by atoms with Crippen LogP contribution in [-0.2, 0) is 16.0 Å². The Morgan fingerprint density at radius 1 is 1.00 bits per heavy atom. The van der Waals surface area contributed by atoms with Gasteiger partial charge in [0.15, 0.2) is 5.82 Å². The molecule has 0 unspecified atom stereocenters. The molecule has 0 aliphatic carbocycles. The van der Waals surface area contributed by atoms with Crippen LogP contribution in [-0.4, -0.2) is 97.0 Å². The van der Waals surface area contributed by atoms with Crippen molar-refractivity contribution in [3.8, 4) is 11.3 Å². The molecule has 6 rings (SSSR count). The summed E-state index contributed by atoms with van der Waals surface area (Å²) in [6.45, 7) is 9.00. The number of anilines is 5. The zero-order chi connectivity index (χ0) is 27.6. The maximum atomic E-state index is 13.0. The summed E-state index contributed by atoms with van der Waals surface area (Å²) in [5.74, 6) is 1.29. The first-order valence-electron chi connectivity index (χ1n) is 13.6. The molecule has 2 saturated heterocycles. The van der Waals surface area contributed by atoms with E-state index >= 15 is 0 Å². The fourth-order valence-corrected chi connectivity index (χ4v) is 5.19. The van der Waals surface area contributed by atoms with Gasteiger partial charge in [-0.05, 0) is 44.2 Å². The zero-order valence-electron chi connectivity index (χ0n) is 22.8. The van der Waals surface area contributed by atoms with E-state index in [9.17, 15) is 4.79 Å². The average molecular weight is 547 g/mol. The molecule has 1 amide bonds. The number of nitrogens with one attached hydrogen (secondary N) is 1. The number of rotatable bonds is 5. The molecule has 0 bridgehead atoms. The second kappa shape index (κ2) is 11.1. The Kier molecular flexibility index (Phi) is 7.22. The number of aryl methyl sites for hydroxylation is 1. The molecule has 40 heavy (non-hydrogen) atoms. The zero-order valence-corrected chi connectivity index (χ0v) is 22.8. The highest BCUT2D eigenvalue weighted by Gasteiger charge is 2.31. The molecule has 3 N–H and O–H groups in total. The van der Waals surface area contributed by atoms with Gasteiger partial charge in [0.2, 0.25) is 11.9 Å². The largest absolute Gasteiger partial charge is 0.436 e. The summed E-state index contributed by atoms with van der Waals surface area (Å²) in [5.41, 5.74) is 10.8. The molecule has 0 atom stereocenters. The number of piperazine rings is 1. The van der Waals surface area contributed by atoms with Crippen molar-refractivity contribution in [2.75, 3.05) is 92.0 Å². The second-order valence-corrected chi connectivity index (χ2v) is 10.2. The van der Waals surface area contributed by atoms with Crippen LogP contribution in [0.5, 0.6) is 0 Å². The summed E-state index contributed by atoms with van der Waals surface area (Å²) >= 11 is 0. The number of hydrogen-bond donors (Lipinski definition) is 2. The maximum Gasteiger partial charge on any atom is 0.436 e. The Hall–Kier alpha value is -4.23. The fraction of sp³-hybridized carbons (Fsp3) is 0.444. The van der Waals surface area contributed by atoms with E-state index in [1.54, 1.807) is 12.4 Å². The third-order valence-electron chi connectivity index (χ3n) is 7.52. The molecule has 13 nitrogen and oxygen atoms in total. The summed E-state index contributed by atoms with van der Waals surface area (Å²) in [7, 11) is 2.14. The molecule has 5 heterocycles. The van der Waals surface area contributed by atoms with E-state index in [-0.39, 0.29) is 5.95 Å². The first kappa shape index (κ1) is 26.0. The Bertz CT molecular complexity index is 1370. The van der Waals surface area contributed by atoms with Crippen molar-refractivity contribution in [3.05, 3.63) is 41.7 Å². The minimum Gasteiger partial charge on any atom is -0.378 e. The number of carbonyl (C=O) groups excluding carboxylic acids is 1. The molecule has 3 aromatic rings. The summed E-state index contributed by atoms with van der Waals surface area (Å²) in [6.07, 6.45) is 3.33. The minimum atomic E-state index is -0.577. The van der Waals surface area contributed by atoms with Gasteiger partial charge >= 0.3 is 6.09 Å². The number of nitrogens with two attached hydrogens (primary N) is 1. The molecule has 0 radical (unpaired) electrons. The number of likely N-dealkylation sites (N-methyl/N-ethyl adjacent to an activating group) is 1. The van der Waals surface area contributed by atoms with E-state index in [1.165, 1.54) is 5.06 Å². The maximum absolute atomic E-state index is 13.0. The molecule has 1 aromatic carbocycles. The lowest BCUT2D eigenvalue weighted by atomic mass is 10.1. The highest BCUT2D eigenvalue weighted by Crippen LogP contribution is 2.36. The number of fused-ring (bicyclic) bond motifs is 1. The van der Waals surface area contributed by atoms with Crippen LogP contribution in [0.3, 0.4) is 0 Å². The molecule has 210 valence electrons. The standard InChI is InChI=1S/C27H34N10O3/c1-18-15-20(35-9-7-34(2)8-10-35)3-4-22(18)31-27(38)40-37-6-5-21-23(19-16-29-25(28)30-17-19)32-26(33-24(21)37)36-11-13-39-14-12-36/h3-4,15-17H,5-14H2,1-2H3,(H,31,38)(H2,28,29,30). The molecule has 0 spiro atoms. The first-order valence-corrected chi connectivity index (χ1v) is 13.6. The smallest absolute Gasteiger partial charge is 0.378 e. The van der Waals surface area contributed by atoms with Crippen molar-refractivity contribution in [3.63, 3.8) is 0 Å². The van der Waals surface area contributed by atoms with Gasteiger partial charge < -0.3 is 30.0 Å². The SMILES string of the molecule is Cc1cc(N2CCN(C)CC2)ccc1NC(=O)ON1CCc2c(-c3cnc(N)nc3)nc(N3CCOCC3)nc21. The number of carbonyl (C=O) groups is 1. The number of nitrogens with zero attached hydrogens (tertiary/aromatic N) is 8. The van der Waals surface area contributed by atoms with Crippen LogP contribution < -0.4 is 25.9 Å². The summed E-state index contributed by atoms with van der Waals surface area (Å²) in [6, 6.07) is 6.08. The fourth-order valence-electron chi connectivity index (χ4n) is 5.19. The third kappa shape index (κ3) is 5.42. The lowest BCUT2D eigenvalue weighted by Crippen LogP contribution is -2.44. The molecule has 2 aromatic heterocycles. The molecular formula is C27H34N10O3. The molecule has 3 aliphatic rings. The predicted octanol–water partition coefficient (Wildman–Crippen LogP) is 1.94. The molecule has 2 fully saturated rings. The predicted molar refractivity (Wildman–Crippen MR) is 153 cm³/mol. The van der Waals surface area contributed by atoms with Crippen LogP contribution >= 0.6 is 0 Å². The minimum absolute atomic E-state index is 0.191. The van der Waals surface area contributed by atoms with E-state index in [1.807, 2.05) is 19.1 Å². The number of benzene rings is 1. The van der Waals surface area contributed by atoms with Crippen LogP contribution in [0.25, 0.3) is 11.3 Å². The van der Waals surface area contributed by atoms with Crippen LogP contribution in [0.2, 0.25) is 0 Å². The normalized spacial score (nSPS) is 17.6. The van der Waals surface area contributed by atoms with Crippen molar-refractivity contribution in [1.29, 1.82) is 0 Å². The van der Waals surface area contributed by atoms with Gasteiger partial charge in [-0.15, -0.1) is 0 Å². The van der Waals surface area contributed by atoms with E-state index in [4.69, 9.17) is 25.3 Å². The number of ether oxygens (including phenoxy) is 1. The Balaban J connectivity index is 1.21. The summed E-state index contributed by atoms with van der Waals surface area (Å²) in [4.78, 5) is 43.5. The lowest BCUT2D eigenvalue weighted by Gasteiger charge is -2.34. The number of amides is 1. The van der Waals surface area contributed by atoms with Crippen molar-refractivity contribution in [1.82, 2.24) is 24.8 Å². The number of morpholine rings is 1. The quantitative estimate of drug-likeness (QED) is 0.484. The molecule has 13 heteroatoms. The monoisotopic (exact) mass is 546 g/mol. The molecular weight excluding hydrogens is 512 g/mol. The van der Waals surface area contributed by atoms with Gasteiger partial charge in [0.25, 0.3) is 0 Å². The third-order valence-corrected chi connectivity index (χ3v) is 7.52. The summed E-state index contributed by atoms with van der Waals surface area (Å²) in [5, 5.41) is 4.44. The van der Waals surface area contributed by atoms with E-state index in [2.05, 4.69) is 43.1 Å².